The summed E-state index contributed by atoms with van der Waals surface area (Å²) in [5.41, 5.74) is 4.93. The van der Waals surface area contributed by atoms with Crippen molar-refractivity contribution >= 4 is 34.8 Å². The van der Waals surface area contributed by atoms with Gasteiger partial charge in [0.05, 0.1) is 5.02 Å². The van der Waals surface area contributed by atoms with Gasteiger partial charge in [-0.25, -0.2) is 9.97 Å². The average Bonchev–Trinajstić information content (AvgIpc) is 2.86. The molecule has 8 nitrogen and oxygen atoms in total. The van der Waals surface area contributed by atoms with Gasteiger partial charge < -0.3 is 16.4 Å². The van der Waals surface area contributed by atoms with Gasteiger partial charge >= 0.3 is 0 Å². The molecular weight excluding hydrogens is 344 g/mol. The molecule has 3 heterocycles. The first-order chi connectivity index (χ1) is 11.9. The van der Waals surface area contributed by atoms with Crippen molar-refractivity contribution in [1.29, 1.82) is 0 Å². The molecule has 1 atom stereocenters. The van der Waals surface area contributed by atoms with E-state index in [0.29, 0.717) is 18.7 Å². The van der Waals surface area contributed by atoms with Crippen molar-refractivity contribution in [2.75, 3.05) is 11.1 Å². The zero-order valence-electron chi connectivity index (χ0n) is 14.0. The molecule has 2 aromatic heterocycles. The summed E-state index contributed by atoms with van der Waals surface area (Å²) in [5, 5.41) is 6.05. The van der Waals surface area contributed by atoms with Crippen LogP contribution in [0.15, 0.2) is 23.3 Å². The van der Waals surface area contributed by atoms with Crippen LogP contribution in [0, 0.1) is 0 Å². The topological polar surface area (TPSA) is 115 Å². The maximum absolute atomic E-state index is 13.1. The van der Waals surface area contributed by atoms with E-state index in [1.807, 2.05) is 13.8 Å². The fourth-order valence-corrected chi connectivity index (χ4v) is 3.49. The molecule has 1 aliphatic rings. The highest BCUT2D eigenvalue weighted by molar-refractivity contribution is 6.34. The molecule has 0 aromatic carbocycles. The monoisotopic (exact) mass is 362 g/mol. The third kappa shape index (κ3) is 2.82. The van der Waals surface area contributed by atoms with Crippen LogP contribution in [0.25, 0.3) is 0 Å². The third-order valence-electron chi connectivity index (χ3n) is 4.34. The van der Waals surface area contributed by atoms with Crippen LogP contribution < -0.4 is 21.9 Å². The molecule has 3 rings (SSSR count). The molecule has 1 aliphatic heterocycles. The molecule has 0 saturated carbocycles. The predicted molar refractivity (Wildman–Crippen MR) is 96.1 cm³/mol. The van der Waals surface area contributed by atoms with Crippen LogP contribution in [0.1, 0.15) is 43.6 Å². The van der Waals surface area contributed by atoms with Crippen molar-refractivity contribution in [3.05, 3.63) is 39.5 Å². The molecule has 132 valence electrons. The molecule has 2 aromatic rings. The summed E-state index contributed by atoms with van der Waals surface area (Å²) in [4.78, 5) is 33.3. The first-order valence-electron chi connectivity index (χ1n) is 8.05. The highest BCUT2D eigenvalue weighted by Gasteiger charge is 2.43. The van der Waals surface area contributed by atoms with Crippen molar-refractivity contribution in [2.45, 2.75) is 38.8 Å². The van der Waals surface area contributed by atoms with E-state index in [9.17, 15) is 9.59 Å². The summed E-state index contributed by atoms with van der Waals surface area (Å²) < 4.78 is 1.47. The number of nitrogens with zero attached hydrogens (tertiary/aromatic N) is 3. The van der Waals surface area contributed by atoms with Gasteiger partial charge in [-0.1, -0.05) is 31.9 Å². The molecule has 25 heavy (non-hydrogen) atoms. The quantitative estimate of drug-likeness (QED) is 0.751. The van der Waals surface area contributed by atoms with Gasteiger partial charge in [0.2, 0.25) is 0 Å². The number of hydrogen-bond acceptors (Lipinski definition) is 6. The second kappa shape index (κ2) is 6.36. The first kappa shape index (κ1) is 17.2. The van der Waals surface area contributed by atoms with Crippen molar-refractivity contribution in [1.82, 2.24) is 19.9 Å². The number of fused-ring (bicyclic) bond motifs is 1. The number of anilines is 3. The summed E-state index contributed by atoms with van der Waals surface area (Å²) in [5.74, 6) is 0.307. The van der Waals surface area contributed by atoms with Gasteiger partial charge in [0.25, 0.3) is 11.5 Å². The number of nitrogen functional groups attached to an aromatic ring is 1. The minimum Gasteiger partial charge on any atom is -0.384 e. The van der Waals surface area contributed by atoms with Crippen LogP contribution in [-0.4, -0.2) is 20.4 Å². The number of amides is 1. The summed E-state index contributed by atoms with van der Waals surface area (Å²) in [6.45, 7) is 3.93. The largest absolute Gasteiger partial charge is 0.384 e. The van der Waals surface area contributed by atoms with Crippen molar-refractivity contribution in [3.8, 4) is 0 Å². The minimum absolute atomic E-state index is 0.190. The van der Waals surface area contributed by atoms with Crippen LogP contribution in [-0.2, 0) is 5.66 Å². The number of carbonyl (C=O) groups is 1. The summed E-state index contributed by atoms with van der Waals surface area (Å²) >= 11 is 6.31. The Morgan fingerprint density at radius 3 is 2.72 bits per heavy atom. The zero-order valence-corrected chi connectivity index (χ0v) is 14.7. The molecule has 0 fully saturated rings. The molecule has 0 bridgehead atoms. The number of carbonyl (C=O) groups excluding carboxylic acids is 1. The van der Waals surface area contributed by atoms with E-state index in [2.05, 4.69) is 20.6 Å². The second-order valence-electron chi connectivity index (χ2n) is 5.94. The first-order valence-corrected chi connectivity index (χ1v) is 8.42. The lowest BCUT2D eigenvalue weighted by molar-refractivity contribution is 0.0905. The Bertz CT molecular complexity index is 897. The maximum atomic E-state index is 13.1. The van der Waals surface area contributed by atoms with E-state index in [0.717, 1.165) is 6.42 Å². The fraction of sp³-hybridized carbons (Fsp3) is 0.375. The molecule has 0 spiro atoms. The lowest BCUT2D eigenvalue weighted by Crippen LogP contribution is -2.47. The molecule has 0 radical (unpaired) electrons. The normalized spacial score (nSPS) is 18.8. The van der Waals surface area contributed by atoms with Gasteiger partial charge in [0.1, 0.15) is 35.0 Å². The molecule has 1 unspecified atom stereocenters. The van der Waals surface area contributed by atoms with Crippen LogP contribution >= 0.6 is 11.6 Å². The van der Waals surface area contributed by atoms with Crippen LogP contribution in [0.5, 0.6) is 0 Å². The second-order valence-corrected chi connectivity index (χ2v) is 6.34. The Hall–Kier alpha value is -2.61. The number of aromatic nitrogens is 3. The molecule has 1 amide bonds. The SMILES string of the molecule is CCCC1(CC)NC(=O)c2c(Cl)cc(Nc3cc(N)ncn3)c(=O)n21. The molecule has 0 saturated heterocycles. The Balaban J connectivity index is 2.16. The van der Waals surface area contributed by atoms with Gasteiger partial charge in [0.15, 0.2) is 0 Å². The summed E-state index contributed by atoms with van der Waals surface area (Å²) in [6.07, 6.45) is 3.29. The smallest absolute Gasteiger partial charge is 0.276 e. The standard InChI is InChI=1S/C16H19ClN6O2/c1-3-5-16(4-2)22-14(24)13-9(17)6-10(15(25)23(13)16)21-12-7-11(18)19-8-20-12/h6-8H,3-5H2,1-2H3,(H,22,24)(H3,18,19,20,21). The van der Waals surface area contributed by atoms with E-state index < -0.39 is 5.66 Å². The van der Waals surface area contributed by atoms with Crippen LogP contribution in [0.3, 0.4) is 0 Å². The number of pyridine rings is 1. The Kier molecular flexibility index (Phi) is 4.38. The van der Waals surface area contributed by atoms with E-state index in [4.69, 9.17) is 17.3 Å². The van der Waals surface area contributed by atoms with E-state index in [-0.39, 0.29) is 33.7 Å². The van der Waals surface area contributed by atoms with Crippen molar-refractivity contribution < 1.29 is 4.79 Å². The zero-order chi connectivity index (χ0) is 18.2. The van der Waals surface area contributed by atoms with E-state index in [1.54, 1.807) is 0 Å². The number of hydrogen-bond donors (Lipinski definition) is 3. The molecule has 9 heteroatoms. The van der Waals surface area contributed by atoms with E-state index >= 15 is 0 Å². The van der Waals surface area contributed by atoms with E-state index in [1.165, 1.54) is 23.0 Å². The molecule has 4 N–H and O–H groups in total. The maximum Gasteiger partial charge on any atom is 0.276 e. The number of rotatable bonds is 5. The Morgan fingerprint density at radius 2 is 2.08 bits per heavy atom. The van der Waals surface area contributed by atoms with Gasteiger partial charge in [0, 0.05) is 6.07 Å². The lowest BCUT2D eigenvalue weighted by atomic mass is 10.0. The van der Waals surface area contributed by atoms with Gasteiger partial charge in [-0.3, -0.25) is 14.2 Å². The Labute approximate surface area is 149 Å². The number of nitrogens with one attached hydrogen (secondary N) is 2. The molecular formula is C16H19ClN6O2. The van der Waals surface area contributed by atoms with Crippen LogP contribution in [0.2, 0.25) is 5.02 Å². The number of halogens is 1. The lowest BCUT2D eigenvalue weighted by Gasteiger charge is -2.30. The molecule has 0 aliphatic carbocycles. The van der Waals surface area contributed by atoms with Crippen molar-refractivity contribution in [3.63, 3.8) is 0 Å². The highest BCUT2D eigenvalue weighted by atomic mass is 35.5. The van der Waals surface area contributed by atoms with Gasteiger partial charge in [-0.2, -0.15) is 0 Å². The van der Waals surface area contributed by atoms with Crippen molar-refractivity contribution in [2.24, 2.45) is 0 Å². The summed E-state index contributed by atoms with van der Waals surface area (Å²) in [6, 6.07) is 2.94. The predicted octanol–water partition coefficient (Wildman–Crippen LogP) is 2.22. The van der Waals surface area contributed by atoms with Gasteiger partial charge in [-0.05, 0) is 18.9 Å². The van der Waals surface area contributed by atoms with Crippen LogP contribution in [0.4, 0.5) is 17.3 Å². The average molecular weight is 363 g/mol. The highest BCUT2D eigenvalue weighted by Crippen LogP contribution is 2.34. The number of nitrogens with two attached hydrogens (primary N) is 1. The van der Waals surface area contributed by atoms with Gasteiger partial charge in [-0.15, -0.1) is 0 Å². The minimum atomic E-state index is -0.774. The third-order valence-corrected chi connectivity index (χ3v) is 4.63. The Morgan fingerprint density at radius 1 is 1.32 bits per heavy atom. The summed E-state index contributed by atoms with van der Waals surface area (Å²) in [7, 11) is 0. The fourth-order valence-electron chi connectivity index (χ4n) is 3.21.